The predicted molar refractivity (Wildman–Crippen MR) is 57.0 cm³/mol. The second kappa shape index (κ2) is 4.27. The molecule has 0 aliphatic carbocycles. The van der Waals surface area contributed by atoms with Crippen LogP contribution < -0.4 is 5.73 Å². The number of nitrogens with two attached hydrogens (primary N) is 1. The monoisotopic (exact) mass is 221 g/mol. The highest BCUT2D eigenvalue weighted by Gasteiger charge is 2.04. The molecule has 0 saturated carbocycles. The molecule has 1 aromatic carbocycles. The van der Waals surface area contributed by atoms with Gasteiger partial charge in [0.1, 0.15) is 16.7 Å². The SMILES string of the molecule is Nc1cncc(Sc2ccccc2F)n1. The van der Waals surface area contributed by atoms with Gasteiger partial charge in [0.05, 0.1) is 12.4 Å². The minimum absolute atomic E-state index is 0.272. The fourth-order valence-electron chi connectivity index (χ4n) is 1.05. The van der Waals surface area contributed by atoms with Crippen molar-refractivity contribution in [1.29, 1.82) is 0 Å². The zero-order valence-electron chi connectivity index (χ0n) is 7.72. The van der Waals surface area contributed by atoms with Crippen LogP contribution in [-0.2, 0) is 0 Å². The topological polar surface area (TPSA) is 51.8 Å². The number of rotatable bonds is 2. The Morgan fingerprint density at radius 1 is 1.20 bits per heavy atom. The van der Waals surface area contributed by atoms with E-state index in [1.54, 1.807) is 24.4 Å². The average molecular weight is 221 g/mol. The van der Waals surface area contributed by atoms with Gasteiger partial charge in [-0.3, -0.25) is 4.98 Å². The molecule has 0 spiro atoms. The van der Waals surface area contributed by atoms with Crippen LogP contribution in [0.15, 0.2) is 46.6 Å². The lowest BCUT2D eigenvalue weighted by molar-refractivity contribution is 0.602. The van der Waals surface area contributed by atoms with Crippen molar-refractivity contribution in [3.8, 4) is 0 Å². The first-order chi connectivity index (χ1) is 7.25. The number of hydrogen-bond donors (Lipinski definition) is 1. The van der Waals surface area contributed by atoms with E-state index >= 15 is 0 Å². The third-order valence-corrected chi connectivity index (χ3v) is 2.64. The predicted octanol–water partition coefficient (Wildman–Crippen LogP) is 2.35. The maximum absolute atomic E-state index is 13.3. The van der Waals surface area contributed by atoms with Crippen molar-refractivity contribution in [2.24, 2.45) is 0 Å². The second-order valence-corrected chi connectivity index (χ2v) is 3.88. The quantitative estimate of drug-likeness (QED) is 0.845. The number of nitrogens with zero attached hydrogens (tertiary/aromatic N) is 2. The van der Waals surface area contributed by atoms with E-state index in [1.165, 1.54) is 24.0 Å². The first-order valence-corrected chi connectivity index (χ1v) is 5.07. The normalized spacial score (nSPS) is 10.2. The number of hydrogen-bond acceptors (Lipinski definition) is 4. The number of aromatic nitrogens is 2. The Balaban J connectivity index is 2.26. The number of nitrogen functional groups attached to an aromatic ring is 1. The molecule has 0 bridgehead atoms. The highest BCUT2D eigenvalue weighted by Crippen LogP contribution is 2.27. The molecule has 2 aromatic rings. The summed E-state index contributed by atoms with van der Waals surface area (Å²) in [5, 5.41) is 0.583. The molecule has 1 aromatic heterocycles. The highest BCUT2D eigenvalue weighted by atomic mass is 32.2. The molecular formula is C10H8FN3S. The molecule has 3 nitrogen and oxygen atoms in total. The molecule has 0 aliphatic heterocycles. The molecule has 0 atom stereocenters. The molecule has 76 valence electrons. The largest absolute Gasteiger partial charge is 0.382 e. The van der Waals surface area contributed by atoms with Gasteiger partial charge in [-0.05, 0) is 12.1 Å². The maximum Gasteiger partial charge on any atom is 0.143 e. The van der Waals surface area contributed by atoms with Gasteiger partial charge in [0, 0.05) is 4.90 Å². The van der Waals surface area contributed by atoms with Crippen LogP contribution in [-0.4, -0.2) is 9.97 Å². The van der Waals surface area contributed by atoms with Crippen LogP contribution >= 0.6 is 11.8 Å². The van der Waals surface area contributed by atoms with Gasteiger partial charge < -0.3 is 5.73 Å². The highest BCUT2D eigenvalue weighted by molar-refractivity contribution is 7.99. The van der Waals surface area contributed by atoms with E-state index in [4.69, 9.17) is 5.73 Å². The Morgan fingerprint density at radius 3 is 2.73 bits per heavy atom. The van der Waals surface area contributed by atoms with E-state index in [0.717, 1.165) is 0 Å². The minimum Gasteiger partial charge on any atom is -0.382 e. The average Bonchev–Trinajstić information content (AvgIpc) is 2.22. The van der Waals surface area contributed by atoms with E-state index in [9.17, 15) is 4.39 Å². The molecular weight excluding hydrogens is 213 g/mol. The minimum atomic E-state index is -0.272. The van der Waals surface area contributed by atoms with Crippen LogP contribution in [0.5, 0.6) is 0 Å². The third-order valence-electron chi connectivity index (χ3n) is 1.68. The Labute approximate surface area is 90.6 Å². The van der Waals surface area contributed by atoms with Crippen molar-refractivity contribution in [1.82, 2.24) is 9.97 Å². The molecule has 0 unspecified atom stereocenters. The van der Waals surface area contributed by atoms with Crippen molar-refractivity contribution in [3.63, 3.8) is 0 Å². The fourth-order valence-corrected chi connectivity index (χ4v) is 1.85. The Hall–Kier alpha value is -1.62. The van der Waals surface area contributed by atoms with Gasteiger partial charge in [0.2, 0.25) is 0 Å². The summed E-state index contributed by atoms with van der Waals surface area (Å²) in [5.74, 6) is 0.0584. The lowest BCUT2D eigenvalue weighted by Gasteiger charge is -2.01. The van der Waals surface area contributed by atoms with Crippen molar-refractivity contribution in [2.45, 2.75) is 9.92 Å². The summed E-state index contributed by atoms with van der Waals surface area (Å²) in [4.78, 5) is 8.41. The van der Waals surface area contributed by atoms with Crippen LogP contribution in [0, 0.1) is 5.82 Å². The Morgan fingerprint density at radius 2 is 2.00 bits per heavy atom. The van der Waals surface area contributed by atoms with Gasteiger partial charge >= 0.3 is 0 Å². The summed E-state index contributed by atoms with van der Waals surface area (Å²) in [5.41, 5.74) is 5.47. The maximum atomic E-state index is 13.3. The molecule has 0 fully saturated rings. The van der Waals surface area contributed by atoms with Crippen molar-refractivity contribution in [3.05, 3.63) is 42.5 Å². The van der Waals surface area contributed by atoms with Crippen LogP contribution in [0.3, 0.4) is 0 Å². The van der Waals surface area contributed by atoms with Crippen LogP contribution in [0.1, 0.15) is 0 Å². The zero-order chi connectivity index (χ0) is 10.7. The molecule has 5 heteroatoms. The fraction of sp³-hybridized carbons (Fsp3) is 0. The molecule has 2 rings (SSSR count). The summed E-state index contributed by atoms with van der Waals surface area (Å²) in [6.45, 7) is 0. The standard InChI is InChI=1S/C10H8FN3S/c11-7-3-1-2-4-8(7)15-10-6-13-5-9(12)14-10/h1-6H,(H2,12,14). The van der Waals surface area contributed by atoms with E-state index in [2.05, 4.69) is 9.97 Å². The number of anilines is 1. The molecule has 0 radical (unpaired) electrons. The van der Waals surface area contributed by atoms with E-state index in [-0.39, 0.29) is 5.82 Å². The van der Waals surface area contributed by atoms with Crippen LogP contribution in [0.25, 0.3) is 0 Å². The zero-order valence-corrected chi connectivity index (χ0v) is 8.54. The summed E-state index contributed by atoms with van der Waals surface area (Å²) in [6.07, 6.45) is 3.00. The first kappa shape index (κ1) is 9.92. The molecule has 0 amide bonds. The Kier molecular flexibility index (Phi) is 2.82. The van der Waals surface area contributed by atoms with Crippen LogP contribution in [0.4, 0.5) is 10.2 Å². The van der Waals surface area contributed by atoms with E-state index in [0.29, 0.717) is 15.7 Å². The molecule has 2 N–H and O–H groups in total. The van der Waals surface area contributed by atoms with Gasteiger partial charge in [-0.15, -0.1) is 0 Å². The van der Waals surface area contributed by atoms with Gasteiger partial charge in [0.15, 0.2) is 0 Å². The van der Waals surface area contributed by atoms with E-state index in [1.807, 2.05) is 0 Å². The summed E-state index contributed by atoms with van der Waals surface area (Å²) in [6, 6.07) is 6.50. The summed E-state index contributed by atoms with van der Waals surface area (Å²) >= 11 is 1.20. The lowest BCUT2D eigenvalue weighted by Crippen LogP contribution is -1.92. The second-order valence-electron chi connectivity index (χ2n) is 2.81. The van der Waals surface area contributed by atoms with Crippen molar-refractivity contribution in [2.75, 3.05) is 5.73 Å². The molecule has 1 heterocycles. The summed E-state index contributed by atoms with van der Waals surface area (Å²) < 4.78 is 13.3. The van der Waals surface area contributed by atoms with Gasteiger partial charge in [-0.25, -0.2) is 9.37 Å². The lowest BCUT2D eigenvalue weighted by atomic mass is 10.3. The third kappa shape index (κ3) is 2.44. The molecule has 0 aliphatic rings. The van der Waals surface area contributed by atoms with E-state index < -0.39 is 0 Å². The van der Waals surface area contributed by atoms with Crippen molar-refractivity contribution < 1.29 is 4.39 Å². The van der Waals surface area contributed by atoms with Gasteiger partial charge in [-0.1, -0.05) is 23.9 Å². The first-order valence-electron chi connectivity index (χ1n) is 4.25. The number of halogens is 1. The number of benzene rings is 1. The molecule has 15 heavy (non-hydrogen) atoms. The van der Waals surface area contributed by atoms with Crippen LogP contribution in [0.2, 0.25) is 0 Å². The van der Waals surface area contributed by atoms with Gasteiger partial charge in [0.25, 0.3) is 0 Å². The molecule has 0 saturated heterocycles. The summed E-state index contributed by atoms with van der Waals surface area (Å²) in [7, 11) is 0. The van der Waals surface area contributed by atoms with Gasteiger partial charge in [-0.2, -0.15) is 0 Å². The smallest absolute Gasteiger partial charge is 0.143 e. The Bertz CT molecular complexity index is 476. The van der Waals surface area contributed by atoms with Crippen molar-refractivity contribution >= 4 is 17.6 Å².